The summed E-state index contributed by atoms with van der Waals surface area (Å²) in [5.74, 6) is 0.805. The van der Waals surface area contributed by atoms with Crippen LogP contribution in [0.15, 0.2) is 46.0 Å². The minimum Gasteiger partial charge on any atom is -0.503 e. The van der Waals surface area contributed by atoms with Gasteiger partial charge in [0.25, 0.3) is 5.91 Å². The van der Waals surface area contributed by atoms with Gasteiger partial charge < -0.3 is 19.9 Å². The van der Waals surface area contributed by atoms with Gasteiger partial charge in [0, 0.05) is 5.69 Å². The molecule has 0 aliphatic rings. The average molecular weight is 436 g/mol. The number of methoxy groups -OCH3 is 1. The fourth-order valence-corrected chi connectivity index (χ4v) is 2.68. The second-order valence-electron chi connectivity index (χ2n) is 5.61. The molecule has 144 valence electrons. The number of hydrogen-bond donors (Lipinski definition) is 3. The predicted molar refractivity (Wildman–Crippen MR) is 109 cm³/mol. The van der Waals surface area contributed by atoms with Gasteiger partial charge in [-0.2, -0.15) is 5.10 Å². The smallest absolute Gasteiger partial charge is 0.262 e. The van der Waals surface area contributed by atoms with E-state index < -0.39 is 6.04 Å². The Hall–Kier alpha value is -2.74. The summed E-state index contributed by atoms with van der Waals surface area (Å²) in [5.41, 5.74) is 3.94. The fraction of sp³-hybridized carbons (Fsp3) is 0.263. The van der Waals surface area contributed by atoms with Gasteiger partial charge >= 0.3 is 0 Å². The molecule has 0 aromatic heterocycles. The van der Waals surface area contributed by atoms with Crippen LogP contribution >= 0.6 is 15.9 Å². The van der Waals surface area contributed by atoms with Crippen molar-refractivity contribution in [2.75, 3.05) is 19.0 Å². The first-order valence-corrected chi connectivity index (χ1v) is 9.12. The first kappa shape index (κ1) is 20.6. The SMILES string of the molecule is CCOc1ccc(NC(C)C(=O)N/N=C/c2cc(Br)c(O)c(OC)c2)cc1. The summed E-state index contributed by atoms with van der Waals surface area (Å²) in [7, 11) is 1.46. The van der Waals surface area contributed by atoms with Crippen molar-refractivity contribution in [3.05, 3.63) is 46.4 Å². The van der Waals surface area contributed by atoms with Gasteiger partial charge in [-0.3, -0.25) is 4.79 Å². The third kappa shape index (κ3) is 5.89. The molecular formula is C19H22BrN3O4. The van der Waals surface area contributed by atoms with Crippen LogP contribution in [0.2, 0.25) is 0 Å². The number of hydrazone groups is 1. The Morgan fingerprint density at radius 2 is 2.04 bits per heavy atom. The highest BCUT2D eigenvalue weighted by Gasteiger charge is 2.12. The van der Waals surface area contributed by atoms with Gasteiger partial charge in [-0.15, -0.1) is 0 Å². The average Bonchev–Trinajstić information content (AvgIpc) is 2.66. The molecule has 0 aliphatic carbocycles. The summed E-state index contributed by atoms with van der Waals surface area (Å²) in [6, 6.07) is 10.2. The lowest BCUT2D eigenvalue weighted by atomic mass is 10.2. The van der Waals surface area contributed by atoms with E-state index in [0.717, 1.165) is 11.4 Å². The predicted octanol–water partition coefficient (Wildman–Crippen LogP) is 3.51. The zero-order valence-corrected chi connectivity index (χ0v) is 16.9. The van der Waals surface area contributed by atoms with Crippen molar-refractivity contribution >= 4 is 33.7 Å². The molecule has 0 fully saturated rings. The summed E-state index contributed by atoms with van der Waals surface area (Å²) >= 11 is 3.24. The van der Waals surface area contributed by atoms with Crippen LogP contribution in [-0.2, 0) is 4.79 Å². The highest BCUT2D eigenvalue weighted by atomic mass is 79.9. The van der Waals surface area contributed by atoms with Gasteiger partial charge in [-0.05, 0) is 71.7 Å². The van der Waals surface area contributed by atoms with Crippen molar-refractivity contribution < 1.29 is 19.4 Å². The minimum absolute atomic E-state index is 0.00635. The molecule has 0 radical (unpaired) electrons. The lowest BCUT2D eigenvalue weighted by Gasteiger charge is -2.14. The number of carbonyl (C=O) groups excluding carboxylic acids is 1. The molecule has 0 saturated heterocycles. The topological polar surface area (TPSA) is 92.2 Å². The Labute approximate surface area is 166 Å². The molecule has 1 amide bonds. The molecule has 2 aromatic rings. The molecule has 3 N–H and O–H groups in total. The number of anilines is 1. The number of ether oxygens (including phenoxy) is 2. The molecule has 2 rings (SSSR count). The number of rotatable bonds is 8. The van der Waals surface area contributed by atoms with E-state index in [1.54, 1.807) is 19.1 Å². The first-order chi connectivity index (χ1) is 12.9. The van der Waals surface area contributed by atoms with E-state index in [9.17, 15) is 9.90 Å². The number of amides is 1. The molecule has 0 heterocycles. The Bertz CT molecular complexity index is 809. The van der Waals surface area contributed by atoms with Crippen molar-refractivity contribution in [1.29, 1.82) is 0 Å². The van der Waals surface area contributed by atoms with Crippen LogP contribution in [0.1, 0.15) is 19.4 Å². The molecule has 8 heteroatoms. The van der Waals surface area contributed by atoms with Gasteiger partial charge in [-0.1, -0.05) is 0 Å². The highest BCUT2D eigenvalue weighted by Crippen LogP contribution is 2.34. The van der Waals surface area contributed by atoms with Gasteiger partial charge in [0.2, 0.25) is 0 Å². The number of benzene rings is 2. The van der Waals surface area contributed by atoms with E-state index in [2.05, 4.69) is 31.8 Å². The first-order valence-electron chi connectivity index (χ1n) is 8.33. The number of nitrogens with one attached hydrogen (secondary N) is 2. The molecule has 0 aliphatic heterocycles. The number of phenolic OH excluding ortho intramolecular Hbond substituents is 1. The molecule has 27 heavy (non-hydrogen) atoms. The van der Waals surface area contributed by atoms with E-state index in [1.807, 2.05) is 31.2 Å². The van der Waals surface area contributed by atoms with Gasteiger partial charge in [-0.25, -0.2) is 5.43 Å². The van der Waals surface area contributed by atoms with E-state index in [1.165, 1.54) is 13.3 Å². The Morgan fingerprint density at radius 1 is 1.33 bits per heavy atom. The van der Waals surface area contributed by atoms with Gasteiger partial charge in [0.1, 0.15) is 11.8 Å². The zero-order chi connectivity index (χ0) is 19.8. The van der Waals surface area contributed by atoms with Crippen LogP contribution in [0.4, 0.5) is 5.69 Å². The molecule has 1 atom stereocenters. The normalized spacial score (nSPS) is 11.9. The number of halogens is 1. The van der Waals surface area contributed by atoms with Crippen LogP contribution in [0.5, 0.6) is 17.2 Å². The van der Waals surface area contributed by atoms with Crippen molar-refractivity contribution in [3.63, 3.8) is 0 Å². The maximum Gasteiger partial charge on any atom is 0.262 e. The summed E-state index contributed by atoms with van der Waals surface area (Å²) in [6.07, 6.45) is 1.47. The minimum atomic E-state index is -0.485. The third-order valence-electron chi connectivity index (χ3n) is 3.60. The molecule has 2 aromatic carbocycles. The number of carbonyl (C=O) groups is 1. The molecule has 1 unspecified atom stereocenters. The Kier molecular flexibility index (Phi) is 7.48. The number of hydrogen-bond acceptors (Lipinski definition) is 6. The summed E-state index contributed by atoms with van der Waals surface area (Å²) in [4.78, 5) is 12.2. The molecule has 7 nitrogen and oxygen atoms in total. The summed E-state index contributed by atoms with van der Waals surface area (Å²) < 4.78 is 10.9. The van der Waals surface area contributed by atoms with E-state index in [4.69, 9.17) is 9.47 Å². The van der Waals surface area contributed by atoms with Crippen LogP contribution in [0.25, 0.3) is 0 Å². The second kappa shape index (κ2) is 9.82. The number of nitrogens with zero attached hydrogens (tertiary/aromatic N) is 1. The van der Waals surface area contributed by atoms with Gasteiger partial charge in [0.05, 0.1) is 24.4 Å². The van der Waals surface area contributed by atoms with Crippen molar-refractivity contribution in [3.8, 4) is 17.2 Å². The Balaban J connectivity index is 1.92. The Morgan fingerprint density at radius 3 is 2.67 bits per heavy atom. The fourth-order valence-electron chi connectivity index (χ4n) is 2.22. The van der Waals surface area contributed by atoms with E-state index in [-0.39, 0.29) is 11.7 Å². The molecule has 0 spiro atoms. The van der Waals surface area contributed by atoms with Crippen LogP contribution in [-0.4, -0.2) is 37.0 Å². The van der Waals surface area contributed by atoms with Crippen molar-refractivity contribution in [1.82, 2.24) is 5.43 Å². The van der Waals surface area contributed by atoms with E-state index in [0.29, 0.717) is 22.4 Å². The van der Waals surface area contributed by atoms with Crippen LogP contribution in [0, 0.1) is 0 Å². The number of aromatic hydroxyl groups is 1. The highest BCUT2D eigenvalue weighted by molar-refractivity contribution is 9.10. The van der Waals surface area contributed by atoms with Crippen LogP contribution in [0.3, 0.4) is 0 Å². The van der Waals surface area contributed by atoms with E-state index >= 15 is 0 Å². The largest absolute Gasteiger partial charge is 0.503 e. The monoisotopic (exact) mass is 435 g/mol. The third-order valence-corrected chi connectivity index (χ3v) is 4.21. The van der Waals surface area contributed by atoms with Gasteiger partial charge in [0.15, 0.2) is 11.5 Å². The number of phenols is 1. The molecular weight excluding hydrogens is 414 g/mol. The lowest BCUT2D eigenvalue weighted by Crippen LogP contribution is -2.34. The quantitative estimate of drug-likeness (QED) is 0.435. The zero-order valence-electron chi connectivity index (χ0n) is 15.3. The standard InChI is InChI=1S/C19H22BrN3O4/c1-4-27-15-7-5-14(6-8-15)22-12(2)19(25)23-21-11-13-9-16(20)18(24)17(10-13)26-3/h5-12,22,24H,4H2,1-3H3,(H,23,25)/b21-11+. The summed E-state index contributed by atoms with van der Waals surface area (Å²) in [6.45, 7) is 4.26. The maximum atomic E-state index is 12.2. The molecule has 0 saturated carbocycles. The van der Waals surface area contributed by atoms with Crippen molar-refractivity contribution in [2.24, 2.45) is 5.10 Å². The second-order valence-corrected chi connectivity index (χ2v) is 6.47. The molecule has 0 bridgehead atoms. The summed E-state index contributed by atoms with van der Waals surface area (Å²) in [5, 5.41) is 16.8. The van der Waals surface area contributed by atoms with Crippen LogP contribution < -0.4 is 20.2 Å². The maximum absolute atomic E-state index is 12.2. The van der Waals surface area contributed by atoms with Crippen molar-refractivity contribution in [2.45, 2.75) is 19.9 Å². The lowest BCUT2D eigenvalue weighted by molar-refractivity contribution is -0.121.